The zero-order valence-electron chi connectivity index (χ0n) is 9.28. The third-order valence-electron chi connectivity index (χ3n) is 2.48. The molecule has 1 heterocycles. The molecule has 0 unspecified atom stereocenters. The van der Waals surface area contributed by atoms with Gasteiger partial charge in [-0.1, -0.05) is 43.1 Å². The number of halogens is 1. The number of nitrogens with zero attached hydrogens (tertiary/aromatic N) is 1. The van der Waals surface area contributed by atoms with Crippen LogP contribution in [-0.2, 0) is 6.42 Å². The maximum atomic E-state index is 5.96. The van der Waals surface area contributed by atoms with Gasteiger partial charge in [-0.2, -0.15) is 0 Å². The SMILES string of the molecule is CCCc1cccc(-c2cc(Cl)ccn2)c1. The minimum Gasteiger partial charge on any atom is -0.256 e. The van der Waals surface area contributed by atoms with Gasteiger partial charge in [0.15, 0.2) is 0 Å². The van der Waals surface area contributed by atoms with Crippen LogP contribution in [0.3, 0.4) is 0 Å². The first-order valence-electron chi connectivity index (χ1n) is 5.50. The van der Waals surface area contributed by atoms with Gasteiger partial charge in [-0.15, -0.1) is 0 Å². The molecule has 0 fully saturated rings. The lowest BCUT2D eigenvalue weighted by molar-refractivity contribution is 0.922. The van der Waals surface area contributed by atoms with Crippen molar-refractivity contribution in [1.29, 1.82) is 0 Å². The van der Waals surface area contributed by atoms with Crippen molar-refractivity contribution in [2.75, 3.05) is 0 Å². The monoisotopic (exact) mass is 231 g/mol. The Morgan fingerprint density at radius 3 is 2.81 bits per heavy atom. The van der Waals surface area contributed by atoms with Crippen molar-refractivity contribution < 1.29 is 0 Å². The number of hydrogen-bond donors (Lipinski definition) is 0. The standard InChI is InChI=1S/C14H14ClN/c1-2-4-11-5-3-6-12(9-11)14-10-13(15)7-8-16-14/h3,5-10H,2,4H2,1H3. The first-order valence-corrected chi connectivity index (χ1v) is 5.88. The first-order chi connectivity index (χ1) is 7.79. The van der Waals surface area contributed by atoms with E-state index in [9.17, 15) is 0 Å². The minimum atomic E-state index is 0.728. The molecule has 1 aromatic carbocycles. The highest BCUT2D eigenvalue weighted by Gasteiger charge is 2.00. The number of aryl methyl sites for hydroxylation is 1. The molecule has 82 valence electrons. The molecule has 0 aliphatic rings. The Kier molecular flexibility index (Phi) is 3.58. The predicted octanol–water partition coefficient (Wildman–Crippen LogP) is 4.35. The number of hydrogen-bond acceptors (Lipinski definition) is 1. The van der Waals surface area contributed by atoms with Gasteiger partial charge in [0.2, 0.25) is 0 Å². The normalized spacial score (nSPS) is 10.4. The van der Waals surface area contributed by atoms with Crippen LogP contribution in [0.5, 0.6) is 0 Å². The van der Waals surface area contributed by atoms with E-state index in [4.69, 9.17) is 11.6 Å². The third-order valence-corrected chi connectivity index (χ3v) is 2.72. The van der Waals surface area contributed by atoms with Crippen LogP contribution in [0.25, 0.3) is 11.3 Å². The molecular weight excluding hydrogens is 218 g/mol. The van der Waals surface area contributed by atoms with Crippen LogP contribution in [0.1, 0.15) is 18.9 Å². The van der Waals surface area contributed by atoms with Gasteiger partial charge in [0.1, 0.15) is 0 Å². The van der Waals surface area contributed by atoms with Crippen LogP contribution >= 0.6 is 11.6 Å². The Hall–Kier alpha value is -1.34. The Balaban J connectivity index is 2.36. The minimum absolute atomic E-state index is 0.728. The van der Waals surface area contributed by atoms with E-state index < -0.39 is 0 Å². The molecule has 2 aromatic rings. The van der Waals surface area contributed by atoms with Crippen LogP contribution in [0.4, 0.5) is 0 Å². The van der Waals surface area contributed by atoms with Gasteiger partial charge < -0.3 is 0 Å². The number of rotatable bonds is 3. The third kappa shape index (κ3) is 2.61. The van der Waals surface area contributed by atoms with Gasteiger partial charge in [0.05, 0.1) is 5.69 Å². The maximum absolute atomic E-state index is 5.96. The van der Waals surface area contributed by atoms with Gasteiger partial charge >= 0.3 is 0 Å². The van der Waals surface area contributed by atoms with Crippen molar-refractivity contribution in [1.82, 2.24) is 4.98 Å². The van der Waals surface area contributed by atoms with Crippen molar-refractivity contribution in [3.05, 3.63) is 53.2 Å². The summed E-state index contributed by atoms with van der Waals surface area (Å²) in [7, 11) is 0. The van der Waals surface area contributed by atoms with Crippen molar-refractivity contribution in [3.63, 3.8) is 0 Å². The average molecular weight is 232 g/mol. The predicted molar refractivity (Wildman–Crippen MR) is 68.7 cm³/mol. The van der Waals surface area contributed by atoms with Gasteiger partial charge in [-0.3, -0.25) is 4.98 Å². The van der Waals surface area contributed by atoms with Crippen LogP contribution in [-0.4, -0.2) is 4.98 Å². The second-order valence-corrected chi connectivity index (χ2v) is 4.25. The van der Waals surface area contributed by atoms with E-state index in [1.165, 1.54) is 5.56 Å². The van der Waals surface area contributed by atoms with Gasteiger partial charge in [-0.25, -0.2) is 0 Å². The van der Waals surface area contributed by atoms with E-state index in [0.29, 0.717) is 0 Å². The summed E-state index contributed by atoms with van der Waals surface area (Å²) >= 11 is 5.96. The summed E-state index contributed by atoms with van der Waals surface area (Å²) in [5.41, 5.74) is 3.42. The van der Waals surface area contributed by atoms with Gasteiger partial charge in [-0.05, 0) is 30.2 Å². The molecule has 1 aromatic heterocycles. The highest BCUT2D eigenvalue weighted by molar-refractivity contribution is 6.30. The van der Waals surface area contributed by atoms with Crippen LogP contribution in [0.2, 0.25) is 5.02 Å². The van der Waals surface area contributed by atoms with E-state index in [1.807, 2.05) is 6.07 Å². The lowest BCUT2D eigenvalue weighted by Crippen LogP contribution is -1.86. The molecule has 0 amide bonds. The van der Waals surface area contributed by atoms with E-state index in [1.54, 1.807) is 12.3 Å². The molecule has 0 saturated heterocycles. The summed E-state index contributed by atoms with van der Waals surface area (Å²) in [5, 5.41) is 0.728. The molecule has 0 aliphatic heterocycles. The molecule has 0 aliphatic carbocycles. The van der Waals surface area contributed by atoms with E-state index in [-0.39, 0.29) is 0 Å². The van der Waals surface area contributed by atoms with Crippen LogP contribution in [0, 0.1) is 0 Å². The van der Waals surface area contributed by atoms with Crippen molar-refractivity contribution in [2.45, 2.75) is 19.8 Å². The second kappa shape index (κ2) is 5.13. The van der Waals surface area contributed by atoms with Crippen molar-refractivity contribution in [3.8, 4) is 11.3 Å². The first kappa shape index (κ1) is 11.2. The lowest BCUT2D eigenvalue weighted by Gasteiger charge is -2.04. The highest BCUT2D eigenvalue weighted by Crippen LogP contribution is 2.21. The fourth-order valence-corrected chi connectivity index (χ4v) is 1.90. The smallest absolute Gasteiger partial charge is 0.0716 e. The van der Waals surface area contributed by atoms with Crippen molar-refractivity contribution >= 4 is 11.6 Å². The molecule has 2 heteroatoms. The Morgan fingerprint density at radius 2 is 2.06 bits per heavy atom. The number of aromatic nitrogens is 1. The lowest BCUT2D eigenvalue weighted by atomic mass is 10.0. The molecule has 0 radical (unpaired) electrons. The average Bonchev–Trinajstić information content (AvgIpc) is 2.30. The Labute approximate surface area is 101 Å². The molecule has 2 rings (SSSR count). The number of benzene rings is 1. The molecule has 0 spiro atoms. The summed E-state index contributed by atoms with van der Waals surface area (Å²) in [4.78, 5) is 4.33. The Morgan fingerprint density at radius 1 is 1.19 bits per heavy atom. The molecule has 0 saturated carbocycles. The maximum Gasteiger partial charge on any atom is 0.0716 e. The van der Waals surface area contributed by atoms with E-state index >= 15 is 0 Å². The molecular formula is C14H14ClN. The molecule has 0 N–H and O–H groups in total. The summed E-state index contributed by atoms with van der Waals surface area (Å²) in [5.74, 6) is 0. The summed E-state index contributed by atoms with van der Waals surface area (Å²) < 4.78 is 0. The van der Waals surface area contributed by atoms with Crippen LogP contribution < -0.4 is 0 Å². The molecule has 1 nitrogen and oxygen atoms in total. The quantitative estimate of drug-likeness (QED) is 0.765. The summed E-state index contributed by atoms with van der Waals surface area (Å²) in [6, 6.07) is 12.2. The molecule has 0 atom stereocenters. The zero-order valence-corrected chi connectivity index (χ0v) is 10.0. The number of pyridine rings is 1. The highest BCUT2D eigenvalue weighted by atomic mass is 35.5. The molecule has 0 bridgehead atoms. The zero-order chi connectivity index (χ0) is 11.4. The van der Waals surface area contributed by atoms with Gasteiger partial charge in [0.25, 0.3) is 0 Å². The fourth-order valence-electron chi connectivity index (χ4n) is 1.74. The fraction of sp³-hybridized carbons (Fsp3) is 0.214. The van der Waals surface area contributed by atoms with Crippen LogP contribution in [0.15, 0.2) is 42.6 Å². The molecule has 16 heavy (non-hydrogen) atoms. The summed E-state index contributed by atoms with van der Waals surface area (Å²) in [6.45, 7) is 2.18. The second-order valence-electron chi connectivity index (χ2n) is 3.81. The van der Waals surface area contributed by atoms with Crippen molar-refractivity contribution in [2.24, 2.45) is 0 Å². The largest absolute Gasteiger partial charge is 0.256 e. The topological polar surface area (TPSA) is 12.9 Å². The summed E-state index contributed by atoms with van der Waals surface area (Å²) in [6.07, 6.45) is 4.00. The van der Waals surface area contributed by atoms with E-state index in [2.05, 4.69) is 36.2 Å². The Bertz CT molecular complexity index is 480. The van der Waals surface area contributed by atoms with E-state index in [0.717, 1.165) is 29.1 Å². The van der Waals surface area contributed by atoms with Gasteiger partial charge in [0, 0.05) is 16.8 Å².